The molecule has 82 valence electrons. The SMILES string of the molecule is O=S(=O)(OCC1C=CCC1)C(F)(F)F. The predicted octanol–water partition coefficient (Wildman–Crippen LogP) is 1.82. The Bertz CT molecular complexity index is 318. The van der Waals surface area contributed by atoms with Crippen LogP contribution in [-0.4, -0.2) is 20.5 Å². The summed E-state index contributed by atoms with van der Waals surface area (Å²) in [7, 11) is -5.42. The lowest BCUT2D eigenvalue weighted by Gasteiger charge is -2.10. The summed E-state index contributed by atoms with van der Waals surface area (Å²) >= 11 is 0. The molecule has 0 aliphatic heterocycles. The van der Waals surface area contributed by atoms with Crippen LogP contribution in [-0.2, 0) is 14.3 Å². The van der Waals surface area contributed by atoms with Crippen molar-refractivity contribution in [2.45, 2.75) is 18.3 Å². The maximum Gasteiger partial charge on any atom is 0.523 e. The molecule has 0 aromatic heterocycles. The molecule has 0 amide bonds. The van der Waals surface area contributed by atoms with Gasteiger partial charge in [0.25, 0.3) is 0 Å². The van der Waals surface area contributed by atoms with Gasteiger partial charge >= 0.3 is 15.6 Å². The smallest absolute Gasteiger partial charge is 0.263 e. The number of alkyl halides is 3. The quantitative estimate of drug-likeness (QED) is 0.422. The topological polar surface area (TPSA) is 43.4 Å². The Morgan fingerprint density at radius 2 is 2.07 bits per heavy atom. The fraction of sp³-hybridized carbons (Fsp3) is 0.714. The van der Waals surface area contributed by atoms with Gasteiger partial charge in [-0.15, -0.1) is 0 Å². The minimum absolute atomic E-state index is 0.230. The Morgan fingerprint density at radius 1 is 1.43 bits per heavy atom. The minimum atomic E-state index is -5.42. The van der Waals surface area contributed by atoms with Crippen LogP contribution in [0.2, 0.25) is 0 Å². The molecule has 1 aliphatic carbocycles. The standard InChI is InChI=1S/C7H9F3O3S/c8-7(9,10)14(11,12)13-5-6-3-1-2-4-6/h1,3,6H,2,4-5H2. The zero-order valence-electron chi connectivity index (χ0n) is 7.12. The molecule has 1 unspecified atom stereocenters. The van der Waals surface area contributed by atoms with Crippen molar-refractivity contribution in [3.05, 3.63) is 12.2 Å². The van der Waals surface area contributed by atoms with Crippen molar-refractivity contribution in [2.75, 3.05) is 6.61 Å². The van der Waals surface area contributed by atoms with Crippen LogP contribution in [0.15, 0.2) is 12.2 Å². The summed E-state index contributed by atoms with van der Waals surface area (Å²) < 4.78 is 60.1. The Balaban J connectivity index is 2.48. The van der Waals surface area contributed by atoms with E-state index in [1.54, 1.807) is 12.2 Å². The molecule has 0 radical (unpaired) electrons. The largest absolute Gasteiger partial charge is 0.523 e. The Morgan fingerprint density at radius 3 is 2.50 bits per heavy atom. The van der Waals surface area contributed by atoms with Crippen molar-refractivity contribution < 1.29 is 25.8 Å². The van der Waals surface area contributed by atoms with E-state index in [0.717, 1.165) is 6.42 Å². The van der Waals surface area contributed by atoms with E-state index in [1.807, 2.05) is 0 Å². The van der Waals surface area contributed by atoms with Crippen LogP contribution in [0.25, 0.3) is 0 Å². The van der Waals surface area contributed by atoms with Gasteiger partial charge in [0.1, 0.15) is 0 Å². The molecule has 1 aliphatic rings. The molecule has 0 saturated heterocycles. The van der Waals surface area contributed by atoms with Gasteiger partial charge in [0, 0.05) is 5.92 Å². The summed E-state index contributed by atoms with van der Waals surface area (Å²) in [5, 5.41) is 0. The second-order valence-electron chi connectivity index (χ2n) is 2.95. The van der Waals surface area contributed by atoms with Gasteiger partial charge in [-0.25, -0.2) is 0 Å². The molecule has 1 rings (SSSR count). The fourth-order valence-electron chi connectivity index (χ4n) is 1.08. The van der Waals surface area contributed by atoms with Crippen molar-refractivity contribution in [3.8, 4) is 0 Å². The molecule has 0 heterocycles. The molecule has 7 heteroatoms. The normalized spacial score (nSPS) is 22.9. The van der Waals surface area contributed by atoms with E-state index >= 15 is 0 Å². The summed E-state index contributed by atoms with van der Waals surface area (Å²) in [5.41, 5.74) is -5.32. The first kappa shape index (κ1) is 11.5. The second-order valence-corrected chi connectivity index (χ2v) is 4.56. The van der Waals surface area contributed by atoms with Crippen molar-refractivity contribution in [2.24, 2.45) is 5.92 Å². The molecular formula is C7H9F3O3S. The monoisotopic (exact) mass is 230 g/mol. The molecule has 0 spiro atoms. The molecule has 3 nitrogen and oxygen atoms in total. The number of rotatable bonds is 3. The van der Waals surface area contributed by atoms with Gasteiger partial charge in [0.05, 0.1) is 6.61 Å². The molecular weight excluding hydrogens is 221 g/mol. The van der Waals surface area contributed by atoms with Crippen LogP contribution in [0.1, 0.15) is 12.8 Å². The lowest BCUT2D eigenvalue weighted by Crippen LogP contribution is -2.27. The summed E-state index contributed by atoms with van der Waals surface area (Å²) in [5.74, 6) is -0.230. The molecule has 14 heavy (non-hydrogen) atoms. The number of allylic oxidation sites excluding steroid dienone is 1. The Hall–Kier alpha value is -0.560. The molecule has 0 fully saturated rings. The second kappa shape index (κ2) is 3.90. The highest BCUT2D eigenvalue weighted by molar-refractivity contribution is 7.87. The lowest BCUT2D eigenvalue weighted by atomic mass is 10.1. The van der Waals surface area contributed by atoms with Crippen LogP contribution in [0.4, 0.5) is 13.2 Å². The number of halogens is 3. The van der Waals surface area contributed by atoms with E-state index in [1.165, 1.54) is 0 Å². The average Bonchev–Trinajstić information content (AvgIpc) is 2.50. The predicted molar refractivity (Wildman–Crippen MR) is 42.8 cm³/mol. The average molecular weight is 230 g/mol. The van der Waals surface area contributed by atoms with Crippen molar-refractivity contribution in [1.82, 2.24) is 0 Å². The first-order valence-electron chi connectivity index (χ1n) is 3.95. The third kappa shape index (κ3) is 2.71. The van der Waals surface area contributed by atoms with Gasteiger partial charge in [-0.2, -0.15) is 21.6 Å². The van der Waals surface area contributed by atoms with Gasteiger partial charge in [-0.3, -0.25) is 4.18 Å². The molecule has 0 aromatic rings. The summed E-state index contributed by atoms with van der Waals surface area (Å²) in [6.45, 7) is -0.432. The van der Waals surface area contributed by atoms with Crippen molar-refractivity contribution >= 4 is 10.1 Å². The summed E-state index contributed by atoms with van der Waals surface area (Å²) in [4.78, 5) is 0. The molecule has 0 aromatic carbocycles. The van der Waals surface area contributed by atoms with Gasteiger partial charge in [-0.1, -0.05) is 12.2 Å². The molecule has 0 N–H and O–H groups in total. The first-order valence-corrected chi connectivity index (χ1v) is 5.36. The van der Waals surface area contributed by atoms with Gasteiger partial charge in [-0.05, 0) is 12.8 Å². The molecule has 0 saturated carbocycles. The molecule has 0 bridgehead atoms. The lowest BCUT2D eigenvalue weighted by molar-refractivity contribution is -0.0547. The Labute approximate surface area is 79.7 Å². The number of hydrogen-bond donors (Lipinski definition) is 0. The zero-order valence-corrected chi connectivity index (χ0v) is 7.94. The van der Waals surface area contributed by atoms with Crippen LogP contribution in [0, 0.1) is 5.92 Å². The van der Waals surface area contributed by atoms with E-state index in [2.05, 4.69) is 4.18 Å². The minimum Gasteiger partial charge on any atom is -0.263 e. The summed E-state index contributed by atoms with van der Waals surface area (Å²) in [6, 6.07) is 0. The van der Waals surface area contributed by atoms with Crippen molar-refractivity contribution in [1.29, 1.82) is 0 Å². The Kier molecular flexibility index (Phi) is 3.20. The summed E-state index contributed by atoms with van der Waals surface area (Å²) in [6.07, 6.45) is 4.83. The van der Waals surface area contributed by atoms with Crippen molar-refractivity contribution in [3.63, 3.8) is 0 Å². The van der Waals surface area contributed by atoms with Gasteiger partial charge in [0.15, 0.2) is 0 Å². The first-order chi connectivity index (χ1) is 6.33. The van der Waals surface area contributed by atoms with Crippen LogP contribution in [0.5, 0.6) is 0 Å². The van der Waals surface area contributed by atoms with Crippen LogP contribution >= 0.6 is 0 Å². The zero-order chi connectivity index (χ0) is 10.8. The highest BCUT2D eigenvalue weighted by Gasteiger charge is 2.47. The van der Waals surface area contributed by atoms with E-state index in [4.69, 9.17) is 0 Å². The number of hydrogen-bond acceptors (Lipinski definition) is 3. The highest BCUT2D eigenvalue weighted by atomic mass is 32.2. The third-order valence-electron chi connectivity index (χ3n) is 1.83. The highest BCUT2D eigenvalue weighted by Crippen LogP contribution is 2.26. The van der Waals surface area contributed by atoms with E-state index in [-0.39, 0.29) is 5.92 Å². The van der Waals surface area contributed by atoms with E-state index < -0.39 is 22.2 Å². The van der Waals surface area contributed by atoms with Crippen LogP contribution in [0.3, 0.4) is 0 Å². The van der Waals surface area contributed by atoms with Crippen LogP contribution < -0.4 is 0 Å². The third-order valence-corrected chi connectivity index (χ3v) is 2.85. The van der Waals surface area contributed by atoms with E-state index in [9.17, 15) is 21.6 Å². The van der Waals surface area contributed by atoms with Gasteiger partial charge < -0.3 is 0 Å². The van der Waals surface area contributed by atoms with Gasteiger partial charge in [0.2, 0.25) is 0 Å². The maximum atomic E-state index is 11.8. The van der Waals surface area contributed by atoms with E-state index in [0.29, 0.717) is 6.42 Å². The molecule has 1 atom stereocenters. The fourth-order valence-corrected chi connectivity index (χ4v) is 1.57. The maximum absolute atomic E-state index is 11.8.